The summed E-state index contributed by atoms with van der Waals surface area (Å²) in [5.74, 6) is 1.23. The SMILES string of the molecule is CCc1nc(C)sc1Cn1cnc2c(OC)c(OC)c(OC)cc2c1=O. The topological polar surface area (TPSA) is 75.5 Å². The van der Waals surface area contributed by atoms with E-state index in [1.807, 2.05) is 6.92 Å². The lowest BCUT2D eigenvalue weighted by molar-refractivity contribution is 0.326. The average Bonchev–Trinajstić information content (AvgIpc) is 3.01. The van der Waals surface area contributed by atoms with Crippen LogP contribution in [0.4, 0.5) is 0 Å². The molecule has 2 heterocycles. The predicted molar refractivity (Wildman–Crippen MR) is 101 cm³/mol. The van der Waals surface area contributed by atoms with Crippen molar-refractivity contribution in [2.24, 2.45) is 0 Å². The van der Waals surface area contributed by atoms with E-state index in [-0.39, 0.29) is 5.56 Å². The smallest absolute Gasteiger partial charge is 0.261 e. The first-order valence-corrected chi connectivity index (χ1v) is 8.98. The van der Waals surface area contributed by atoms with E-state index in [2.05, 4.69) is 16.9 Å². The van der Waals surface area contributed by atoms with Gasteiger partial charge in [-0.25, -0.2) is 9.97 Å². The zero-order valence-electron chi connectivity index (χ0n) is 15.5. The number of hydrogen-bond donors (Lipinski definition) is 0. The fourth-order valence-corrected chi connectivity index (χ4v) is 3.97. The highest BCUT2D eigenvalue weighted by molar-refractivity contribution is 7.11. The third-order valence-electron chi connectivity index (χ3n) is 4.16. The number of hydrogen-bond acceptors (Lipinski definition) is 7. The number of thiazole rings is 1. The van der Waals surface area contributed by atoms with Crippen LogP contribution < -0.4 is 19.8 Å². The van der Waals surface area contributed by atoms with Crippen LogP contribution in [0.1, 0.15) is 22.5 Å². The van der Waals surface area contributed by atoms with Gasteiger partial charge in [0.05, 0.1) is 50.3 Å². The second kappa shape index (κ2) is 7.33. The number of rotatable bonds is 6. The highest BCUT2D eigenvalue weighted by Crippen LogP contribution is 2.41. The second-order valence-electron chi connectivity index (χ2n) is 5.68. The molecule has 0 spiro atoms. The van der Waals surface area contributed by atoms with E-state index >= 15 is 0 Å². The van der Waals surface area contributed by atoms with Gasteiger partial charge in [-0.3, -0.25) is 9.36 Å². The van der Waals surface area contributed by atoms with Crippen LogP contribution in [0.15, 0.2) is 17.2 Å². The number of fused-ring (bicyclic) bond motifs is 1. The number of aromatic nitrogens is 3. The lowest BCUT2D eigenvalue weighted by Gasteiger charge is -2.14. The van der Waals surface area contributed by atoms with Crippen LogP contribution in [-0.4, -0.2) is 35.9 Å². The van der Waals surface area contributed by atoms with Crippen molar-refractivity contribution in [1.29, 1.82) is 0 Å². The average molecular weight is 375 g/mol. The maximum absolute atomic E-state index is 13.0. The van der Waals surface area contributed by atoms with Gasteiger partial charge in [0.15, 0.2) is 11.5 Å². The van der Waals surface area contributed by atoms with Gasteiger partial charge >= 0.3 is 0 Å². The normalized spacial score (nSPS) is 11.0. The molecule has 0 aliphatic rings. The molecular formula is C18H21N3O4S. The van der Waals surface area contributed by atoms with Crippen molar-refractivity contribution in [3.63, 3.8) is 0 Å². The quantitative estimate of drug-likeness (QED) is 0.659. The Morgan fingerprint density at radius 1 is 1.15 bits per heavy atom. The molecule has 0 bridgehead atoms. The van der Waals surface area contributed by atoms with E-state index in [9.17, 15) is 4.79 Å². The third-order valence-corrected chi connectivity index (χ3v) is 5.15. The number of benzene rings is 1. The zero-order chi connectivity index (χ0) is 18.8. The largest absolute Gasteiger partial charge is 0.493 e. The van der Waals surface area contributed by atoms with Crippen LogP contribution in [0.25, 0.3) is 10.9 Å². The molecule has 0 fully saturated rings. The van der Waals surface area contributed by atoms with Gasteiger partial charge in [-0.05, 0) is 19.4 Å². The molecule has 2 aromatic heterocycles. The fourth-order valence-electron chi connectivity index (χ4n) is 2.95. The van der Waals surface area contributed by atoms with Crippen molar-refractivity contribution in [2.75, 3.05) is 21.3 Å². The summed E-state index contributed by atoms with van der Waals surface area (Å²) in [6.45, 7) is 4.46. The Labute approximate surface area is 155 Å². The summed E-state index contributed by atoms with van der Waals surface area (Å²) in [7, 11) is 4.55. The standard InChI is InChI=1S/C18H21N3O4S/c1-6-12-14(26-10(2)20-12)8-21-9-19-15-11(18(21)22)7-13(23-3)16(24-4)17(15)25-5/h7,9H,6,8H2,1-5H3. The number of nitrogens with zero attached hydrogens (tertiary/aromatic N) is 3. The molecule has 0 radical (unpaired) electrons. The van der Waals surface area contributed by atoms with Gasteiger partial charge in [0.25, 0.3) is 5.56 Å². The van der Waals surface area contributed by atoms with Crippen molar-refractivity contribution in [1.82, 2.24) is 14.5 Å². The first-order chi connectivity index (χ1) is 12.5. The molecular weight excluding hydrogens is 354 g/mol. The number of methoxy groups -OCH3 is 3. The molecule has 3 aromatic rings. The fraction of sp³-hybridized carbons (Fsp3) is 0.389. The van der Waals surface area contributed by atoms with E-state index in [0.717, 1.165) is 22.0 Å². The van der Waals surface area contributed by atoms with Crippen LogP contribution in [0.3, 0.4) is 0 Å². The van der Waals surface area contributed by atoms with Gasteiger partial charge in [0, 0.05) is 4.88 Å². The molecule has 0 atom stereocenters. The predicted octanol–water partition coefficient (Wildman–Crippen LogP) is 2.80. The minimum absolute atomic E-state index is 0.164. The monoisotopic (exact) mass is 375 g/mol. The van der Waals surface area contributed by atoms with E-state index < -0.39 is 0 Å². The molecule has 8 heteroatoms. The van der Waals surface area contributed by atoms with Crippen LogP contribution in [0, 0.1) is 6.92 Å². The van der Waals surface area contributed by atoms with Gasteiger partial charge in [-0.2, -0.15) is 0 Å². The molecule has 0 N–H and O–H groups in total. The Morgan fingerprint density at radius 3 is 2.50 bits per heavy atom. The maximum atomic E-state index is 13.0. The summed E-state index contributed by atoms with van der Waals surface area (Å²) < 4.78 is 17.7. The minimum Gasteiger partial charge on any atom is -0.493 e. The van der Waals surface area contributed by atoms with Crippen LogP contribution in [0.5, 0.6) is 17.2 Å². The summed E-state index contributed by atoms with van der Waals surface area (Å²) in [6.07, 6.45) is 2.36. The molecule has 0 unspecified atom stereocenters. The number of aryl methyl sites for hydroxylation is 2. The summed E-state index contributed by atoms with van der Waals surface area (Å²) in [5, 5.41) is 1.41. The summed E-state index contributed by atoms with van der Waals surface area (Å²) in [4.78, 5) is 23.1. The molecule has 1 aromatic carbocycles. The highest BCUT2D eigenvalue weighted by atomic mass is 32.1. The number of ether oxygens (including phenoxy) is 3. The minimum atomic E-state index is -0.164. The lowest BCUT2D eigenvalue weighted by Crippen LogP contribution is -2.21. The Kier molecular flexibility index (Phi) is 5.13. The van der Waals surface area contributed by atoms with Crippen molar-refractivity contribution in [2.45, 2.75) is 26.8 Å². The van der Waals surface area contributed by atoms with Gasteiger partial charge < -0.3 is 14.2 Å². The third kappa shape index (κ3) is 3.01. The van der Waals surface area contributed by atoms with E-state index in [1.165, 1.54) is 27.7 Å². The van der Waals surface area contributed by atoms with Crippen molar-refractivity contribution in [3.8, 4) is 17.2 Å². The molecule has 7 nitrogen and oxygen atoms in total. The lowest BCUT2D eigenvalue weighted by atomic mass is 10.2. The van der Waals surface area contributed by atoms with Crippen LogP contribution >= 0.6 is 11.3 Å². The van der Waals surface area contributed by atoms with Crippen molar-refractivity contribution < 1.29 is 14.2 Å². The molecule has 0 amide bonds. The Hall–Kier alpha value is -2.61. The molecule has 0 saturated heterocycles. The summed E-state index contributed by atoms with van der Waals surface area (Å²) >= 11 is 1.60. The second-order valence-corrected chi connectivity index (χ2v) is 6.96. The van der Waals surface area contributed by atoms with Gasteiger partial charge in [0.2, 0.25) is 5.75 Å². The molecule has 26 heavy (non-hydrogen) atoms. The van der Waals surface area contributed by atoms with Crippen LogP contribution in [-0.2, 0) is 13.0 Å². The van der Waals surface area contributed by atoms with E-state index in [4.69, 9.17) is 14.2 Å². The molecule has 138 valence electrons. The summed E-state index contributed by atoms with van der Waals surface area (Å²) in [5.41, 5.74) is 1.30. The van der Waals surface area contributed by atoms with Gasteiger partial charge in [0.1, 0.15) is 5.52 Å². The van der Waals surface area contributed by atoms with E-state index in [0.29, 0.717) is 34.7 Å². The molecule has 0 aliphatic heterocycles. The molecule has 3 rings (SSSR count). The van der Waals surface area contributed by atoms with E-state index in [1.54, 1.807) is 22.0 Å². The molecule has 0 aliphatic carbocycles. The zero-order valence-corrected chi connectivity index (χ0v) is 16.3. The van der Waals surface area contributed by atoms with Gasteiger partial charge in [-0.15, -0.1) is 11.3 Å². The van der Waals surface area contributed by atoms with Crippen molar-refractivity contribution >= 4 is 22.2 Å². The Morgan fingerprint density at radius 2 is 1.88 bits per heavy atom. The molecule has 0 saturated carbocycles. The first-order valence-electron chi connectivity index (χ1n) is 8.17. The van der Waals surface area contributed by atoms with Crippen LogP contribution in [0.2, 0.25) is 0 Å². The Balaban J connectivity index is 2.18. The highest BCUT2D eigenvalue weighted by Gasteiger charge is 2.20. The van der Waals surface area contributed by atoms with Gasteiger partial charge in [-0.1, -0.05) is 6.92 Å². The first kappa shape index (κ1) is 18.2. The maximum Gasteiger partial charge on any atom is 0.261 e. The van der Waals surface area contributed by atoms with Crippen molar-refractivity contribution in [3.05, 3.63) is 38.3 Å². The summed E-state index contributed by atoms with van der Waals surface area (Å²) in [6, 6.07) is 1.64. The Bertz CT molecular complexity index is 1010.